The van der Waals surface area contributed by atoms with Gasteiger partial charge in [-0.25, -0.2) is 19.6 Å². The molecule has 1 aromatic heterocycles. The SMILES string of the molecule is C=Nc1cc(Br)c(Cl)cc1C(=O)N(C)CC(=O)C[C@H]1NCCC[C@@H]1OC(=O)NCCCCNC(=O)Nc1nccnc1C(=O)NC1Cc2ccccc2C1. The second-order valence-corrected chi connectivity index (χ2v) is 14.4. The van der Waals surface area contributed by atoms with Crippen LogP contribution < -0.4 is 26.6 Å². The Labute approximate surface area is 326 Å². The summed E-state index contributed by atoms with van der Waals surface area (Å²) in [5.41, 5.74) is 2.99. The maximum absolute atomic E-state index is 13.1. The highest BCUT2D eigenvalue weighted by atomic mass is 79.9. The van der Waals surface area contributed by atoms with Gasteiger partial charge in [0.25, 0.3) is 11.8 Å². The summed E-state index contributed by atoms with van der Waals surface area (Å²) < 4.78 is 6.24. The van der Waals surface area contributed by atoms with Gasteiger partial charge in [-0.15, -0.1) is 0 Å². The van der Waals surface area contributed by atoms with E-state index >= 15 is 0 Å². The Morgan fingerprint density at radius 3 is 2.48 bits per heavy atom. The average Bonchev–Trinajstić information content (AvgIpc) is 3.57. The number of Topliss-reactive ketones (excluding diaryl/α,β-unsaturated/α-hetero) is 1. The molecule has 0 bridgehead atoms. The van der Waals surface area contributed by atoms with Crippen molar-refractivity contribution in [3.8, 4) is 0 Å². The van der Waals surface area contributed by atoms with Gasteiger partial charge in [0.1, 0.15) is 6.10 Å². The number of amides is 5. The third-order valence-corrected chi connectivity index (χ3v) is 10.3. The van der Waals surface area contributed by atoms with Gasteiger partial charge in [0.05, 0.1) is 28.9 Å². The van der Waals surface area contributed by atoms with E-state index in [0.717, 1.165) is 19.3 Å². The Hall–Kier alpha value is -4.93. The molecule has 5 amide bonds. The van der Waals surface area contributed by atoms with Crippen LogP contribution in [0, 0.1) is 0 Å². The topological polar surface area (TPSA) is 196 Å². The molecule has 5 N–H and O–H groups in total. The molecule has 15 nitrogen and oxygen atoms in total. The molecule has 1 aliphatic carbocycles. The standard InChI is InChI=1S/C37H43BrClN9O6/c1-40-29-20-27(38)28(39)19-26(29)35(51)48(2)21-25(49)18-30-31(10-7-13-41-30)54-37(53)45-12-6-5-11-44-36(52)47-33-32(42-14-15-43-33)34(50)46-24-16-22-8-3-4-9-23(22)17-24/h3-4,8-9,14-15,19-20,24,30-31,41H,1,5-7,10-13,16-18,21H2,2H3,(H,45,53)(H,46,50)(H2,43,44,47,52)/t30-,31+/m1/s1. The second kappa shape index (κ2) is 19.4. The van der Waals surface area contributed by atoms with Crippen molar-refractivity contribution in [3.05, 3.63) is 80.7 Å². The number of benzene rings is 2. The number of hydrogen-bond acceptors (Lipinski definition) is 10. The Morgan fingerprint density at radius 1 is 1.06 bits per heavy atom. The molecule has 2 aromatic carbocycles. The predicted molar refractivity (Wildman–Crippen MR) is 208 cm³/mol. The summed E-state index contributed by atoms with van der Waals surface area (Å²) in [7, 11) is 1.52. The molecule has 0 unspecified atom stereocenters. The van der Waals surface area contributed by atoms with E-state index < -0.39 is 36.1 Å². The third kappa shape index (κ3) is 11.1. The Balaban J connectivity index is 0.986. The van der Waals surface area contributed by atoms with Crippen molar-refractivity contribution < 1.29 is 28.7 Å². The van der Waals surface area contributed by atoms with Crippen LogP contribution in [-0.2, 0) is 22.4 Å². The summed E-state index contributed by atoms with van der Waals surface area (Å²) in [5.74, 6) is -0.998. The lowest BCUT2D eigenvalue weighted by Crippen LogP contribution is -2.49. The zero-order valence-corrected chi connectivity index (χ0v) is 32.2. The maximum Gasteiger partial charge on any atom is 0.407 e. The molecule has 3 aromatic rings. The van der Waals surface area contributed by atoms with E-state index in [1.54, 1.807) is 6.07 Å². The highest BCUT2D eigenvalue weighted by molar-refractivity contribution is 9.10. The number of likely N-dealkylation sites (N-methyl/N-ethyl adjacent to an activating group) is 1. The minimum Gasteiger partial charge on any atom is -0.445 e. The van der Waals surface area contributed by atoms with Gasteiger partial charge in [-0.2, -0.15) is 0 Å². The van der Waals surface area contributed by atoms with Gasteiger partial charge in [0, 0.05) is 49.5 Å². The molecule has 1 aliphatic heterocycles. The van der Waals surface area contributed by atoms with Crippen LogP contribution in [0.15, 0.2) is 58.3 Å². The van der Waals surface area contributed by atoms with Crippen molar-refractivity contribution >= 4 is 75.5 Å². The number of unbranched alkanes of at least 4 members (excludes halogenated alkanes) is 1. The zero-order chi connectivity index (χ0) is 38.6. The van der Waals surface area contributed by atoms with Gasteiger partial charge in [0.15, 0.2) is 17.3 Å². The van der Waals surface area contributed by atoms with Crippen LogP contribution in [0.5, 0.6) is 0 Å². The number of urea groups is 1. The summed E-state index contributed by atoms with van der Waals surface area (Å²) >= 11 is 9.49. The predicted octanol–water partition coefficient (Wildman–Crippen LogP) is 4.60. The highest BCUT2D eigenvalue weighted by Crippen LogP contribution is 2.32. The molecule has 54 heavy (non-hydrogen) atoms. The van der Waals surface area contributed by atoms with E-state index in [4.69, 9.17) is 16.3 Å². The quantitative estimate of drug-likeness (QED) is 0.108. The molecule has 0 radical (unpaired) electrons. The van der Waals surface area contributed by atoms with Crippen molar-refractivity contribution in [2.24, 2.45) is 4.99 Å². The number of ketones is 1. The number of halogens is 2. The molecule has 2 atom stereocenters. The number of aliphatic imine (C=N–C) groups is 1. The van der Waals surface area contributed by atoms with E-state index in [1.165, 1.54) is 41.5 Å². The van der Waals surface area contributed by atoms with Crippen LogP contribution >= 0.6 is 27.5 Å². The minimum atomic E-state index is -0.606. The number of carbonyl (C=O) groups is 5. The van der Waals surface area contributed by atoms with E-state index in [2.05, 4.69) is 76.3 Å². The van der Waals surface area contributed by atoms with Crippen molar-refractivity contribution in [2.45, 2.75) is 63.1 Å². The fourth-order valence-electron chi connectivity index (χ4n) is 6.44. The van der Waals surface area contributed by atoms with Crippen LogP contribution in [0.4, 0.5) is 21.1 Å². The van der Waals surface area contributed by atoms with Crippen LogP contribution in [0.3, 0.4) is 0 Å². The maximum atomic E-state index is 13.1. The molecular weight excluding hydrogens is 782 g/mol. The van der Waals surface area contributed by atoms with Crippen LogP contribution in [0.1, 0.15) is 64.1 Å². The molecule has 17 heteroatoms. The fourth-order valence-corrected chi connectivity index (χ4v) is 6.94. The summed E-state index contributed by atoms with van der Waals surface area (Å²) in [6.45, 7) is 4.63. The third-order valence-electron chi connectivity index (χ3n) is 9.12. The number of rotatable bonds is 15. The van der Waals surface area contributed by atoms with Gasteiger partial charge in [0.2, 0.25) is 0 Å². The monoisotopic (exact) mass is 823 g/mol. The Bertz CT molecular complexity index is 1860. The molecule has 2 aliphatic rings. The number of anilines is 1. The summed E-state index contributed by atoms with van der Waals surface area (Å²) in [4.78, 5) is 77.8. The summed E-state index contributed by atoms with van der Waals surface area (Å²) in [6, 6.07) is 10.1. The van der Waals surface area contributed by atoms with Crippen LogP contribution in [0.2, 0.25) is 5.02 Å². The number of carbonyl (C=O) groups excluding carboxylic acids is 5. The van der Waals surface area contributed by atoms with Gasteiger partial charge in [-0.1, -0.05) is 35.9 Å². The van der Waals surface area contributed by atoms with Gasteiger partial charge < -0.3 is 30.9 Å². The van der Waals surface area contributed by atoms with E-state index in [0.29, 0.717) is 54.1 Å². The number of hydrogen-bond donors (Lipinski definition) is 5. The minimum absolute atomic E-state index is 0.0242. The lowest BCUT2D eigenvalue weighted by molar-refractivity contribution is -0.121. The number of fused-ring (bicyclic) bond motifs is 1. The number of piperidine rings is 1. The molecule has 0 saturated carbocycles. The first-order chi connectivity index (χ1) is 26.0. The first kappa shape index (κ1) is 40.3. The van der Waals surface area contributed by atoms with E-state index in [-0.39, 0.29) is 41.9 Å². The van der Waals surface area contributed by atoms with Gasteiger partial charge >= 0.3 is 12.1 Å². The largest absolute Gasteiger partial charge is 0.445 e. The second-order valence-electron chi connectivity index (χ2n) is 13.1. The highest BCUT2D eigenvalue weighted by Gasteiger charge is 2.31. The number of nitrogens with zero attached hydrogens (tertiary/aromatic N) is 4. The molecule has 1 fully saturated rings. The van der Waals surface area contributed by atoms with Crippen molar-refractivity contribution in [1.29, 1.82) is 0 Å². The van der Waals surface area contributed by atoms with Crippen molar-refractivity contribution in [3.63, 3.8) is 0 Å². The lowest BCUT2D eigenvalue weighted by atomic mass is 9.96. The first-order valence-corrected chi connectivity index (χ1v) is 18.8. The number of ether oxygens (including phenoxy) is 1. The molecule has 1 saturated heterocycles. The van der Waals surface area contributed by atoms with Crippen LogP contribution in [0.25, 0.3) is 0 Å². The zero-order valence-electron chi connectivity index (χ0n) is 29.8. The molecule has 0 spiro atoms. The molecule has 2 heterocycles. The normalized spacial score (nSPS) is 16.4. The number of aromatic nitrogens is 2. The fraction of sp³-hybridized carbons (Fsp3) is 0.405. The smallest absolute Gasteiger partial charge is 0.407 e. The van der Waals surface area contributed by atoms with Crippen molar-refractivity contribution in [1.82, 2.24) is 36.1 Å². The Kier molecular flexibility index (Phi) is 14.5. The van der Waals surface area contributed by atoms with Crippen LogP contribution in [-0.4, -0.2) is 103 Å². The summed E-state index contributed by atoms with van der Waals surface area (Å²) in [6.07, 6.45) is 5.62. The number of alkyl carbamates (subject to hydrolysis) is 1. The van der Waals surface area contributed by atoms with E-state index in [9.17, 15) is 24.0 Å². The van der Waals surface area contributed by atoms with Gasteiger partial charge in [-0.3, -0.25) is 24.7 Å². The van der Waals surface area contributed by atoms with Crippen molar-refractivity contribution in [2.75, 3.05) is 38.5 Å². The molecular formula is C37H43BrClN9O6. The molecule has 5 rings (SSSR count). The summed E-state index contributed by atoms with van der Waals surface area (Å²) in [5, 5.41) is 14.6. The van der Waals surface area contributed by atoms with E-state index in [1.807, 2.05) is 12.1 Å². The number of nitrogens with one attached hydrogen (secondary N) is 5. The molecule has 286 valence electrons. The average molecular weight is 825 g/mol. The first-order valence-electron chi connectivity index (χ1n) is 17.7. The van der Waals surface area contributed by atoms with Gasteiger partial charge in [-0.05, 0) is 91.0 Å². The Morgan fingerprint density at radius 2 is 1.76 bits per heavy atom. The lowest BCUT2D eigenvalue weighted by Gasteiger charge is -2.32.